The topological polar surface area (TPSA) is 114 Å². The first-order valence-electron chi connectivity index (χ1n) is 9.55. The molecule has 0 aromatic rings. The van der Waals surface area contributed by atoms with E-state index in [1.54, 1.807) is 20.8 Å². The molecule has 1 rings (SSSR count). The van der Waals surface area contributed by atoms with Crippen molar-refractivity contribution >= 4 is 18.0 Å². The molecule has 2 unspecified atom stereocenters. The Morgan fingerprint density at radius 1 is 1.21 bits per heavy atom. The summed E-state index contributed by atoms with van der Waals surface area (Å²) in [6.45, 7) is 8.66. The van der Waals surface area contributed by atoms with Crippen LogP contribution < -0.4 is 10.6 Å². The molecule has 29 heavy (non-hydrogen) atoms. The highest BCUT2D eigenvalue weighted by atomic mass is 19.3. The molecule has 0 aromatic carbocycles. The van der Waals surface area contributed by atoms with Gasteiger partial charge in [-0.3, -0.25) is 4.79 Å². The lowest BCUT2D eigenvalue weighted by Gasteiger charge is -2.38. The highest BCUT2D eigenvalue weighted by molar-refractivity contribution is 5.87. The van der Waals surface area contributed by atoms with Crippen molar-refractivity contribution in [2.45, 2.75) is 90.2 Å². The molecule has 3 N–H and O–H groups in total. The first-order chi connectivity index (χ1) is 13.4. The number of nitrogens with one attached hydrogen (secondary N) is 2. The van der Waals surface area contributed by atoms with Gasteiger partial charge in [0.2, 0.25) is 0 Å². The van der Waals surface area contributed by atoms with Crippen molar-refractivity contribution in [1.29, 1.82) is 0 Å². The number of ether oxygens (including phenoxy) is 2. The molecule has 166 valence electrons. The lowest BCUT2D eigenvalue weighted by atomic mass is 9.87. The van der Waals surface area contributed by atoms with Gasteiger partial charge in [-0.15, -0.1) is 0 Å². The smallest absolute Gasteiger partial charge is 0.407 e. The zero-order valence-corrected chi connectivity index (χ0v) is 17.3. The van der Waals surface area contributed by atoms with Crippen molar-refractivity contribution in [1.82, 2.24) is 10.6 Å². The van der Waals surface area contributed by atoms with Crippen LogP contribution >= 0.6 is 0 Å². The summed E-state index contributed by atoms with van der Waals surface area (Å²) in [6.07, 6.45) is -3.11. The maximum absolute atomic E-state index is 12.8. The molecule has 3 atom stereocenters. The predicted octanol–water partition coefficient (Wildman–Crippen LogP) is 2.62. The Bertz CT molecular complexity index is 629. The van der Waals surface area contributed by atoms with E-state index in [1.807, 2.05) is 13.8 Å². The minimum absolute atomic E-state index is 0.0513. The van der Waals surface area contributed by atoms with Gasteiger partial charge in [0.05, 0.1) is 24.3 Å². The third-order valence-electron chi connectivity index (χ3n) is 4.34. The van der Waals surface area contributed by atoms with E-state index in [0.29, 0.717) is 12.8 Å². The van der Waals surface area contributed by atoms with E-state index in [-0.39, 0.29) is 18.1 Å². The largest absolute Gasteiger partial charge is 0.478 e. The first-order valence-corrected chi connectivity index (χ1v) is 9.55. The van der Waals surface area contributed by atoms with Gasteiger partial charge < -0.3 is 25.2 Å². The maximum atomic E-state index is 12.8. The second kappa shape index (κ2) is 10.5. The average molecular weight is 420 g/mol. The van der Waals surface area contributed by atoms with E-state index in [2.05, 4.69) is 10.6 Å². The summed E-state index contributed by atoms with van der Waals surface area (Å²) >= 11 is 0. The van der Waals surface area contributed by atoms with E-state index in [1.165, 1.54) is 6.08 Å². The fourth-order valence-corrected chi connectivity index (χ4v) is 2.96. The Balaban J connectivity index is 3.21. The maximum Gasteiger partial charge on any atom is 0.407 e. The predicted molar refractivity (Wildman–Crippen MR) is 101 cm³/mol. The van der Waals surface area contributed by atoms with Crippen LogP contribution in [0.3, 0.4) is 0 Å². The summed E-state index contributed by atoms with van der Waals surface area (Å²) in [5, 5.41) is 14.1. The molecule has 0 saturated carbocycles. The number of hydrogen-bond donors (Lipinski definition) is 3. The number of carbonyl (C=O) groups is 3. The van der Waals surface area contributed by atoms with Gasteiger partial charge in [0.15, 0.2) is 0 Å². The van der Waals surface area contributed by atoms with Crippen LogP contribution in [0.1, 0.15) is 53.9 Å². The van der Waals surface area contributed by atoms with Crippen molar-refractivity contribution in [3.05, 3.63) is 11.6 Å². The van der Waals surface area contributed by atoms with E-state index < -0.39 is 48.2 Å². The number of amides is 2. The zero-order chi connectivity index (χ0) is 22.4. The Morgan fingerprint density at radius 2 is 1.79 bits per heavy atom. The van der Waals surface area contributed by atoms with Crippen LogP contribution in [-0.4, -0.2) is 59.4 Å². The number of alkyl carbamates (subject to hydrolysis) is 1. The number of halogens is 2. The van der Waals surface area contributed by atoms with Crippen molar-refractivity contribution in [2.75, 3.05) is 0 Å². The zero-order valence-electron chi connectivity index (χ0n) is 17.3. The van der Waals surface area contributed by atoms with Crippen LogP contribution in [0.2, 0.25) is 0 Å². The van der Waals surface area contributed by atoms with Crippen LogP contribution in [-0.2, 0) is 19.1 Å². The molecule has 0 saturated heterocycles. The Hall–Kier alpha value is -2.23. The summed E-state index contributed by atoms with van der Waals surface area (Å²) in [6, 6.07) is -2.10. The summed E-state index contributed by atoms with van der Waals surface area (Å²) in [5.74, 6) is -2.76. The molecule has 0 radical (unpaired) electrons. The van der Waals surface area contributed by atoms with Gasteiger partial charge in [0.25, 0.3) is 5.91 Å². The standard InChI is InChI=1S/C19H30F2N2O6/c1-6-11(7-2)28-13-9-10(17(25)26)8-12(14(13)23-16(24)15(20)21)22-18(27)29-19(3,4)5/h9,11-15H,6-8H2,1-5H3,(H,22,27)(H,23,24)(H,25,26)/t12?,13?,14-/m1/s1. The molecule has 2 amide bonds. The van der Waals surface area contributed by atoms with E-state index >= 15 is 0 Å². The lowest BCUT2D eigenvalue weighted by molar-refractivity contribution is -0.135. The molecule has 0 heterocycles. The van der Waals surface area contributed by atoms with Crippen LogP contribution in [0.15, 0.2) is 11.6 Å². The lowest BCUT2D eigenvalue weighted by Crippen LogP contribution is -2.61. The molecule has 1 aliphatic carbocycles. The highest BCUT2D eigenvalue weighted by Crippen LogP contribution is 2.25. The van der Waals surface area contributed by atoms with E-state index in [4.69, 9.17) is 9.47 Å². The van der Waals surface area contributed by atoms with Crippen LogP contribution in [0.25, 0.3) is 0 Å². The first kappa shape index (κ1) is 24.8. The van der Waals surface area contributed by atoms with Crippen molar-refractivity contribution in [2.24, 2.45) is 0 Å². The summed E-state index contributed by atoms with van der Waals surface area (Å²) in [4.78, 5) is 35.4. The number of aliphatic carboxylic acids is 1. The molecule has 0 spiro atoms. The van der Waals surface area contributed by atoms with Gasteiger partial charge in [0.1, 0.15) is 5.60 Å². The number of carboxylic acids is 1. The number of hydrogen-bond acceptors (Lipinski definition) is 5. The van der Waals surface area contributed by atoms with Gasteiger partial charge in [-0.05, 0) is 39.7 Å². The quantitative estimate of drug-likeness (QED) is 0.556. The van der Waals surface area contributed by atoms with E-state index in [9.17, 15) is 28.3 Å². The molecule has 0 bridgehead atoms. The van der Waals surface area contributed by atoms with Gasteiger partial charge in [-0.25, -0.2) is 9.59 Å². The third-order valence-corrected chi connectivity index (χ3v) is 4.34. The summed E-state index contributed by atoms with van der Waals surface area (Å²) < 4.78 is 36.8. The fraction of sp³-hybridized carbons (Fsp3) is 0.737. The Morgan fingerprint density at radius 3 is 2.24 bits per heavy atom. The molecule has 0 fully saturated rings. The molecule has 10 heteroatoms. The molecule has 1 aliphatic rings. The number of carbonyl (C=O) groups excluding carboxylic acids is 2. The number of alkyl halides is 2. The van der Waals surface area contributed by atoms with Gasteiger partial charge in [-0.1, -0.05) is 13.8 Å². The normalized spacial score (nSPS) is 22.2. The second-order valence-electron chi connectivity index (χ2n) is 7.83. The Labute approximate surface area is 169 Å². The molecule has 8 nitrogen and oxygen atoms in total. The Kier molecular flexibility index (Phi) is 9.00. The number of rotatable bonds is 8. The summed E-state index contributed by atoms with van der Waals surface area (Å²) in [7, 11) is 0. The second-order valence-corrected chi connectivity index (χ2v) is 7.83. The summed E-state index contributed by atoms with van der Waals surface area (Å²) in [5.41, 5.74) is -0.873. The van der Waals surface area contributed by atoms with Crippen LogP contribution in [0.5, 0.6) is 0 Å². The fourth-order valence-electron chi connectivity index (χ4n) is 2.96. The monoisotopic (exact) mass is 420 g/mol. The molecular formula is C19H30F2N2O6. The van der Waals surface area contributed by atoms with Crippen molar-refractivity contribution in [3.8, 4) is 0 Å². The van der Waals surface area contributed by atoms with Gasteiger partial charge in [0, 0.05) is 12.0 Å². The minimum atomic E-state index is -3.27. The SMILES string of the molecule is CCC(CC)OC1C=C(C(=O)O)CC(NC(=O)OC(C)(C)C)[C@H]1NC(=O)C(F)F. The van der Waals surface area contributed by atoms with Crippen LogP contribution in [0.4, 0.5) is 13.6 Å². The van der Waals surface area contributed by atoms with Gasteiger partial charge >= 0.3 is 18.5 Å². The van der Waals surface area contributed by atoms with E-state index in [0.717, 1.165) is 0 Å². The molecular weight excluding hydrogens is 390 g/mol. The highest BCUT2D eigenvalue weighted by Gasteiger charge is 2.40. The van der Waals surface area contributed by atoms with Crippen molar-refractivity contribution < 1.29 is 37.7 Å². The van der Waals surface area contributed by atoms with Crippen LogP contribution in [0, 0.1) is 0 Å². The third kappa shape index (κ3) is 7.96. The minimum Gasteiger partial charge on any atom is -0.478 e. The number of carboxylic acid groups (broad SMARTS) is 1. The van der Waals surface area contributed by atoms with Gasteiger partial charge in [-0.2, -0.15) is 8.78 Å². The van der Waals surface area contributed by atoms with Crippen molar-refractivity contribution in [3.63, 3.8) is 0 Å². The molecule has 0 aromatic heterocycles. The molecule has 0 aliphatic heterocycles. The average Bonchev–Trinajstić information content (AvgIpc) is 2.59.